The second-order valence-corrected chi connectivity index (χ2v) is 8.01. The van der Waals surface area contributed by atoms with E-state index in [1.54, 1.807) is 42.5 Å². The Morgan fingerprint density at radius 1 is 0.968 bits per heavy atom. The number of anilines is 1. The van der Waals surface area contributed by atoms with E-state index in [1.165, 1.54) is 0 Å². The fourth-order valence-corrected chi connectivity index (χ4v) is 4.23. The van der Waals surface area contributed by atoms with Crippen molar-refractivity contribution in [3.8, 4) is 0 Å². The van der Waals surface area contributed by atoms with E-state index in [4.69, 9.17) is 0 Å². The molecule has 31 heavy (non-hydrogen) atoms. The zero-order valence-electron chi connectivity index (χ0n) is 17.4. The zero-order chi connectivity index (χ0) is 22.0. The number of carbonyl (C=O) groups excluding carboxylic acids is 4. The van der Waals surface area contributed by atoms with Gasteiger partial charge in [0.25, 0.3) is 0 Å². The predicted molar refractivity (Wildman–Crippen MR) is 116 cm³/mol. The average molecular weight is 419 g/mol. The highest BCUT2D eigenvalue weighted by Gasteiger charge is 2.29. The Hall–Kier alpha value is -3.32. The molecular weight excluding hydrogens is 394 g/mol. The van der Waals surface area contributed by atoms with Gasteiger partial charge in [-0.3, -0.25) is 24.1 Å². The number of nitrogens with one attached hydrogen (secondary N) is 2. The summed E-state index contributed by atoms with van der Waals surface area (Å²) in [4.78, 5) is 51.8. The molecule has 0 saturated carbocycles. The van der Waals surface area contributed by atoms with Crippen molar-refractivity contribution in [2.45, 2.75) is 32.2 Å². The maximum atomic E-state index is 12.8. The standard InChI is InChI=1S/C24H25N3O4/c1-2-21(28)26-16-6-5-11-27(13-16)14-22(29)25-15-9-10-19-20(12-15)24(31)18-8-4-3-7-17(18)23(19)30/h3-4,7-10,12,16H,2,5-6,11,13-14H2,1H3,(H,25,29)(H,26,28). The minimum atomic E-state index is -0.216. The molecule has 2 aromatic rings. The van der Waals surface area contributed by atoms with Gasteiger partial charge in [-0.25, -0.2) is 0 Å². The Morgan fingerprint density at radius 2 is 1.65 bits per heavy atom. The van der Waals surface area contributed by atoms with Crippen LogP contribution in [0.15, 0.2) is 42.5 Å². The highest BCUT2D eigenvalue weighted by Crippen LogP contribution is 2.29. The number of likely N-dealkylation sites (tertiary alicyclic amines) is 1. The lowest BCUT2D eigenvalue weighted by atomic mass is 9.84. The number of hydrogen-bond acceptors (Lipinski definition) is 5. The summed E-state index contributed by atoms with van der Waals surface area (Å²) >= 11 is 0. The first kappa shape index (κ1) is 20.9. The van der Waals surface area contributed by atoms with Crippen molar-refractivity contribution in [2.75, 3.05) is 25.0 Å². The first-order valence-corrected chi connectivity index (χ1v) is 10.6. The quantitative estimate of drug-likeness (QED) is 0.662. The molecule has 2 N–H and O–H groups in total. The van der Waals surface area contributed by atoms with Crippen LogP contribution in [0.1, 0.15) is 58.0 Å². The van der Waals surface area contributed by atoms with Gasteiger partial charge >= 0.3 is 0 Å². The summed E-state index contributed by atoms with van der Waals surface area (Å²) in [5, 5.41) is 5.83. The lowest BCUT2D eigenvalue weighted by Crippen LogP contribution is -2.49. The van der Waals surface area contributed by atoms with Crippen LogP contribution in [0.25, 0.3) is 0 Å². The van der Waals surface area contributed by atoms with Gasteiger partial charge in [-0.05, 0) is 37.6 Å². The summed E-state index contributed by atoms with van der Waals surface area (Å²) in [6, 6.07) is 11.6. The van der Waals surface area contributed by atoms with E-state index >= 15 is 0 Å². The molecule has 1 fully saturated rings. The van der Waals surface area contributed by atoms with E-state index in [1.807, 2.05) is 11.8 Å². The van der Waals surface area contributed by atoms with Crippen molar-refractivity contribution in [3.05, 3.63) is 64.7 Å². The third-order valence-corrected chi connectivity index (χ3v) is 5.77. The summed E-state index contributed by atoms with van der Waals surface area (Å²) in [5.41, 5.74) is 1.94. The first-order valence-electron chi connectivity index (χ1n) is 10.6. The second-order valence-electron chi connectivity index (χ2n) is 8.01. The molecule has 2 aliphatic rings. The fourth-order valence-electron chi connectivity index (χ4n) is 4.23. The molecule has 2 aromatic carbocycles. The van der Waals surface area contributed by atoms with Gasteiger partial charge in [0.15, 0.2) is 11.6 Å². The maximum absolute atomic E-state index is 12.8. The normalized spacial score (nSPS) is 18.2. The van der Waals surface area contributed by atoms with Crippen LogP contribution >= 0.6 is 0 Å². The molecule has 7 nitrogen and oxygen atoms in total. The topological polar surface area (TPSA) is 95.6 Å². The van der Waals surface area contributed by atoms with Gasteiger partial charge in [0, 0.05) is 46.9 Å². The molecule has 1 aliphatic heterocycles. The molecule has 1 saturated heterocycles. The third-order valence-electron chi connectivity index (χ3n) is 5.77. The fraction of sp³-hybridized carbons (Fsp3) is 0.333. The summed E-state index contributed by atoms with van der Waals surface area (Å²) in [6.07, 6.45) is 2.27. The molecule has 1 atom stereocenters. The molecule has 0 radical (unpaired) electrons. The number of fused-ring (bicyclic) bond motifs is 2. The van der Waals surface area contributed by atoms with E-state index in [0.29, 0.717) is 40.9 Å². The van der Waals surface area contributed by atoms with Gasteiger partial charge in [0.1, 0.15) is 0 Å². The number of piperidine rings is 1. The molecule has 0 aromatic heterocycles. The van der Waals surface area contributed by atoms with Crippen LogP contribution in [-0.2, 0) is 9.59 Å². The van der Waals surface area contributed by atoms with Crippen LogP contribution in [0.4, 0.5) is 5.69 Å². The van der Waals surface area contributed by atoms with Crippen LogP contribution in [0.5, 0.6) is 0 Å². The van der Waals surface area contributed by atoms with Gasteiger partial charge in [0.2, 0.25) is 11.8 Å². The largest absolute Gasteiger partial charge is 0.352 e. The van der Waals surface area contributed by atoms with E-state index in [9.17, 15) is 19.2 Å². The molecule has 2 amide bonds. The second kappa shape index (κ2) is 8.81. The molecule has 0 bridgehead atoms. The van der Waals surface area contributed by atoms with Crippen molar-refractivity contribution in [1.82, 2.24) is 10.2 Å². The number of carbonyl (C=O) groups is 4. The number of ketones is 2. The Kier molecular flexibility index (Phi) is 5.95. The molecule has 0 spiro atoms. The number of amides is 2. The SMILES string of the molecule is CCC(=O)NC1CCCN(CC(=O)Nc2ccc3c(c2)C(=O)c2ccccc2C3=O)C1. The number of benzene rings is 2. The van der Waals surface area contributed by atoms with Crippen molar-refractivity contribution in [2.24, 2.45) is 0 Å². The summed E-state index contributed by atoms with van der Waals surface area (Å²) < 4.78 is 0. The molecular formula is C24H25N3O4. The molecule has 1 unspecified atom stereocenters. The van der Waals surface area contributed by atoms with E-state index in [-0.39, 0.29) is 36.0 Å². The summed E-state index contributed by atoms with van der Waals surface area (Å²) in [5.74, 6) is -0.577. The Morgan fingerprint density at radius 3 is 2.35 bits per heavy atom. The smallest absolute Gasteiger partial charge is 0.238 e. The third kappa shape index (κ3) is 4.41. The summed E-state index contributed by atoms with van der Waals surface area (Å²) in [6.45, 7) is 3.44. The minimum Gasteiger partial charge on any atom is -0.352 e. The van der Waals surface area contributed by atoms with Gasteiger partial charge in [-0.2, -0.15) is 0 Å². The molecule has 1 heterocycles. The van der Waals surface area contributed by atoms with Crippen LogP contribution in [0.3, 0.4) is 0 Å². The predicted octanol–water partition coefficient (Wildman–Crippen LogP) is 2.39. The Balaban J connectivity index is 1.42. The van der Waals surface area contributed by atoms with Crippen LogP contribution in [-0.4, -0.2) is 54.0 Å². The van der Waals surface area contributed by atoms with E-state index in [0.717, 1.165) is 19.4 Å². The van der Waals surface area contributed by atoms with Gasteiger partial charge in [0.05, 0.1) is 6.54 Å². The van der Waals surface area contributed by atoms with Crippen LogP contribution in [0.2, 0.25) is 0 Å². The van der Waals surface area contributed by atoms with Crippen molar-refractivity contribution >= 4 is 29.1 Å². The Bertz CT molecular complexity index is 1060. The minimum absolute atomic E-state index is 0.0196. The van der Waals surface area contributed by atoms with E-state index < -0.39 is 0 Å². The maximum Gasteiger partial charge on any atom is 0.238 e. The zero-order valence-corrected chi connectivity index (χ0v) is 17.4. The Labute approximate surface area is 180 Å². The van der Waals surface area contributed by atoms with E-state index in [2.05, 4.69) is 10.6 Å². The molecule has 7 heteroatoms. The highest BCUT2D eigenvalue weighted by atomic mass is 16.2. The molecule has 4 rings (SSSR count). The van der Waals surface area contributed by atoms with Crippen molar-refractivity contribution in [1.29, 1.82) is 0 Å². The van der Waals surface area contributed by atoms with Gasteiger partial charge in [-0.15, -0.1) is 0 Å². The van der Waals surface area contributed by atoms with Gasteiger partial charge in [-0.1, -0.05) is 31.2 Å². The lowest BCUT2D eigenvalue weighted by Gasteiger charge is -2.32. The van der Waals surface area contributed by atoms with Crippen molar-refractivity contribution < 1.29 is 19.2 Å². The number of nitrogens with zero attached hydrogens (tertiary/aromatic N) is 1. The number of hydrogen-bond donors (Lipinski definition) is 2. The highest BCUT2D eigenvalue weighted by molar-refractivity contribution is 6.28. The average Bonchev–Trinajstić information content (AvgIpc) is 2.77. The molecule has 1 aliphatic carbocycles. The van der Waals surface area contributed by atoms with Crippen LogP contribution < -0.4 is 10.6 Å². The first-order chi connectivity index (χ1) is 15.0. The van der Waals surface area contributed by atoms with Crippen LogP contribution in [0, 0.1) is 0 Å². The number of rotatable bonds is 5. The van der Waals surface area contributed by atoms with Gasteiger partial charge < -0.3 is 10.6 Å². The molecule has 160 valence electrons. The lowest BCUT2D eigenvalue weighted by molar-refractivity contribution is -0.121. The monoisotopic (exact) mass is 419 g/mol. The van der Waals surface area contributed by atoms with Crippen molar-refractivity contribution in [3.63, 3.8) is 0 Å². The summed E-state index contributed by atoms with van der Waals surface area (Å²) in [7, 11) is 0.